The lowest BCUT2D eigenvalue weighted by Gasteiger charge is -1.82. The standard InChI is InChI=1S/C6H10N2/c1-4-5-8-6(2)7-3/h5H,2-4H2,1H3. The molecule has 0 fully saturated rings. The second kappa shape index (κ2) is 4.24. The first-order valence-corrected chi connectivity index (χ1v) is 2.49. The highest BCUT2D eigenvalue weighted by molar-refractivity contribution is 5.58. The van der Waals surface area contributed by atoms with Crippen LogP contribution in [-0.2, 0) is 0 Å². The van der Waals surface area contributed by atoms with Crippen molar-refractivity contribution in [1.82, 2.24) is 0 Å². The molecule has 0 aromatic carbocycles. The largest absolute Gasteiger partial charge is 0.246 e. The Morgan fingerprint density at radius 1 is 1.75 bits per heavy atom. The van der Waals surface area contributed by atoms with E-state index in [1.807, 2.05) is 6.92 Å². The van der Waals surface area contributed by atoms with E-state index in [0.717, 1.165) is 6.42 Å². The number of aliphatic imine (C=N–C) groups is 2. The van der Waals surface area contributed by atoms with Crippen molar-refractivity contribution in [3.63, 3.8) is 0 Å². The van der Waals surface area contributed by atoms with Crippen molar-refractivity contribution in [1.29, 1.82) is 0 Å². The fraction of sp³-hybridized carbons (Fsp3) is 0.333. The van der Waals surface area contributed by atoms with Crippen molar-refractivity contribution < 1.29 is 0 Å². The summed E-state index contributed by atoms with van der Waals surface area (Å²) in [6.07, 6.45) is 2.66. The molecule has 0 aliphatic rings. The van der Waals surface area contributed by atoms with E-state index in [1.54, 1.807) is 6.21 Å². The summed E-state index contributed by atoms with van der Waals surface area (Å²) < 4.78 is 0. The van der Waals surface area contributed by atoms with Crippen molar-refractivity contribution in [3.05, 3.63) is 12.4 Å². The molecule has 0 heterocycles. The molecular formula is C6H10N2. The van der Waals surface area contributed by atoms with Crippen LogP contribution in [0.2, 0.25) is 0 Å². The molecular weight excluding hydrogens is 100 g/mol. The summed E-state index contributed by atoms with van der Waals surface area (Å²) in [4.78, 5) is 7.30. The molecule has 0 rings (SSSR count). The number of hydrogen-bond donors (Lipinski definition) is 0. The summed E-state index contributed by atoms with van der Waals surface area (Å²) >= 11 is 0. The lowest BCUT2D eigenvalue weighted by Crippen LogP contribution is -1.69. The highest BCUT2D eigenvalue weighted by atomic mass is 14.9. The Hall–Kier alpha value is -0.920. The SMILES string of the molecule is C=NC(=C)N=CCC. The van der Waals surface area contributed by atoms with Crippen LogP contribution in [0.1, 0.15) is 13.3 Å². The summed E-state index contributed by atoms with van der Waals surface area (Å²) in [5.74, 6) is 0.479. The third kappa shape index (κ3) is 3.28. The molecule has 0 spiro atoms. The number of nitrogens with zero attached hydrogens (tertiary/aromatic N) is 2. The van der Waals surface area contributed by atoms with E-state index in [-0.39, 0.29) is 0 Å². The Bertz CT molecular complexity index is 114. The topological polar surface area (TPSA) is 24.7 Å². The van der Waals surface area contributed by atoms with Crippen molar-refractivity contribution in [2.45, 2.75) is 13.3 Å². The monoisotopic (exact) mass is 110 g/mol. The molecule has 0 saturated carbocycles. The zero-order valence-electron chi connectivity index (χ0n) is 5.09. The van der Waals surface area contributed by atoms with Gasteiger partial charge in [0.05, 0.1) is 0 Å². The summed E-state index contributed by atoms with van der Waals surface area (Å²) in [6, 6.07) is 0. The van der Waals surface area contributed by atoms with Gasteiger partial charge >= 0.3 is 0 Å². The van der Waals surface area contributed by atoms with Gasteiger partial charge in [-0.05, 0) is 13.1 Å². The van der Waals surface area contributed by atoms with Gasteiger partial charge in [0.25, 0.3) is 0 Å². The lowest BCUT2D eigenvalue weighted by molar-refractivity contribution is 1.24. The van der Waals surface area contributed by atoms with Crippen LogP contribution >= 0.6 is 0 Å². The van der Waals surface area contributed by atoms with Gasteiger partial charge < -0.3 is 0 Å². The molecule has 0 amide bonds. The summed E-state index contributed by atoms with van der Waals surface area (Å²) in [7, 11) is 0. The van der Waals surface area contributed by atoms with E-state index >= 15 is 0 Å². The van der Waals surface area contributed by atoms with Crippen LogP contribution in [0, 0.1) is 0 Å². The van der Waals surface area contributed by atoms with Crippen LogP contribution in [-0.4, -0.2) is 12.9 Å². The summed E-state index contributed by atoms with van der Waals surface area (Å²) in [6.45, 7) is 8.73. The van der Waals surface area contributed by atoms with E-state index in [2.05, 4.69) is 23.3 Å². The molecule has 0 N–H and O–H groups in total. The molecule has 0 unspecified atom stereocenters. The van der Waals surface area contributed by atoms with Gasteiger partial charge in [0, 0.05) is 6.21 Å². The predicted octanol–water partition coefficient (Wildman–Crippen LogP) is 1.64. The van der Waals surface area contributed by atoms with Gasteiger partial charge in [-0.2, -0.15) is 0 Å². The van der Waals surface area contributed by atoms with Gasteiger partial charge in [0.1, 0.15) is 5.82 Å². The minimum atomic E-state index is 0.479. The molecule has 0 aliphatic carbocycles. The maximum absolute atomic E-state index is 3.81. The van der Waals surface area contributed by atoms with Crippen molar-refractivity contribution in [2.75, 3.05) is 0 Å². The zero-order valence-corrected chi connectivity index (χ0v) is 5.09. The van der Waals surface area contributed by atoms with Gasteiger partial charge in [-0.15, -0.1) is 0 Å². The van der Waals surface area contributed by atoms with E-state index < -0.39 is 0 Å². The van der Waals surface area contributed by atoms with Gasteiger partial charge in [-0.3, -0.25) is 0 Å². The van der Waals surface area contributed by atoms with Crippen LogP contribution in [0.4, 0.5) is 0 Å². The molecule has 8 heavy (non-hydrogen) atoms. The van der Waals surface area contributed by atoms with E-state index in [4.69, 9.17) is 0 Å². The smallest absolute Gasteiger partial charge is 0.143 e. The van der Waals surface area contributed by atoms with Gasteiger partial charge in [0.15, 0.2) is 0 Å². The van der Waals surface area contributed by atoms with Gasteiger partial charge in [0.2, 0.25) is 0 Å². The zero-order chi connectivity index (χ0) is 6.41. The maximum atomic E-state index is 3.81. The maximum Gasteiger partial charge on any atom is 0.143 e. The van der Waals surface area contributed by atoms with Crippen LogP contribution < -0.4 is 0 Å². The first-order valence-electron chi connectivity index (χ1n) is 2.49. The van der Waals surface area contributed by atoms with Crippen LogP contribution in [0.15, 0.2) is 22.4 Å². The Balaban J connectivity index is 3.52. The lowest BCUT2D eigenvalue weighted by atomic mass is 10.5. The highest BCUT2D eigenvalue weighted by Crippen LogP contribution is 1.89. The fourth-order valence-electron chi connectivity index (χ4n) is 0.237. The summed E-state index contributed by atoms with van der Waals surface area (Å²) in [5, 5.41) is 0. The minimum Gasteiger partial charge on any atom is -0.246 e. The Labute approximate surface area is 49.7 Å². The van der Waals surface area contributed by atoms with E-state index in [0.29, 0.717) is 5.82 Å². The third-order valence-electron chi connectivity index (χ3n) is 0.605. The van der Waals surface area contributed by atoms with Crippen molar-refractivity contribution in [3.8, 4) is 0 Å². The van der Waals surface area contributed by atoms with Crippen LogP contribution in [0.3, 0.4) is 0 Å². The molecule has 0 aliphatic heterocycles. The van der Waals surface area contributed by atoms with Crippen LogP contribution in [0.5, 0.6) is 0 Å². The quantitative estimate of drug-likeness (QED) is 0.493. The van der Waals surface area contributed by atoms with Gasteiger partial charge in [-0.1, -0.05) is 13.5 Å². The van der Waals surface area contributed by atoms with Crippen LogP contribution in [0.25, 0.3) is 0 Å². The Kier molecular flexibility index (Phi) is 3.76. The molecule has 0 aromatic rings. The molecule has 0 aromatic heterocycles. The van der Waals surface area contributed by atoms with E-state index in [1.165, 1.54) is 0 Å². The third-order valence-corrected chi connectivity index (χ3v) is 0.605. The molecule has 44 valence electrons. The Morgan fingerprint density at radius 2 is 2.38 bits per heavy atom. The van der Waals surface area contributed by atoms with E-state index in [9.17, 15) is 0 Å². The molecule has 0 radical (unpaired) electrons. The highest BCUT2D eigenvalue weighted by Gasteiger charge is 1.73. The fourth-order valence-corrected chi connectivity index (χ4v) is 0.237. The number of rotatable bonds is 3. The average Bonchev–Trinajstić information content (AvgIpc) is 1.83. The molecule has 0 saturated heterocycles. The Morgan fingerprint density at radius 3 is 2.75 bits per heavy atom. The number of hydrogen-bond acceptors (Lipinski definition) is 2. The normalized spacial score (nSPS) is 9.62. The molecule has 0 atom stereocenters. The molecule has 0 bridgehead atoms. The van der Waals surface area contributed by atoms with Crippen molar-refractivity contribution >= 4 is 12.9 Å². The minimum absolute atomic E-state index is 0.479. The second-order valence-corrected chi connectivity index (χ2v) is 1.29. The molecule has 2 heteroatoms. The molecule has 2 nitrogen and oxygen atoms in total. The van der Waals surface area contributed by atoms with Gasteiger partial charge in [-0.25, -0.2) is 9.98 Å². The van der Waals surface area contributed by atoms with Crippen molar-refractivity contribution in [2.24, 2.45) is 9.98 Å². The average molecular weight is 110 g/mol. The first-order chi connectivity index (χ1) is 3.81. The summed E-state index contributed by atoms with van der Waals surface area (Å²) in [5.41, 5.74) is 0. The second-order valence-electron chi connectivity index (χ2n) is 1.29. The predicted molar refractivity (Wildman–Crippen MR) is 37.5 cm³/mol. The first kappa shape index (κ1) is 7.08.